The molecule has 6 heteroatoms. The molecule has 2 aromatic rings. The van der Waals surface area contributed by atoms with Gasteiger partial charge in [0.1, 0.15) is 5.75 Å². The van der Waals surface area contributed by atoms with Crippen LogP contribution in [0.15, 0.2) is 42.5 Å². The fourth-order valence-electron chi connectivity index (χ4n) is 2.50. The number of nitrogens with one attached hydrogen (secondary N) is 2. The molecule has 0 aliphatic heterocycles. The Morgan fingerprint density at radius 3 is 2.50 bits per heavy atom. The average Bonchev–Trinajstić information content (AvgIpc) is 2.54. The molecule has 0 bridgehead atoms. The molecule has 2 aromatic carbocycles. The van der Waals surface area contributed by atoms with Gasteiger partial charge in [-0.1, -0.05) is 35.9 Å². The van der Waals surface area contributed by atoms with Gasteiger partial charge in [-0.3, -0.25) is 4.79 Å². The van der Waals surface area contributed by atoms with Gasteiger partial charge in [-0.2, -0.15) is 0 Å². The van der Waals surface area contributed by atoms with Gasteiger partial charge in [-0.15, -0.1) is 12.4 Å². The summed E-state index contributed by atoms with van der Waals surface area (Å²) in [5, 5.41) is 6.52. The predicted molar refractivity (Wildman–Crippen MR) is 100 cm³/mol. The van der Waals surface area contributed by atoms with Crippen LogP contribution in [0.3, 0.4) is 0 Å². The Morgan fingerprint density at radius 2 is 1.92 bits per heavy atom. The third-order valence-electron chi connectivity index (χ3n) is 3.65. The van der Waals surface area contributed by atoms with Crippen LogP contribution >= 0.6 is 24.0 Å². The number of methoxy groups -OCH3 is 1. The molecule has 0 spiro atoms. The van der Waals surface area contributed by atoms with Crippen molar-refractivity contribution in [1.82, 2.24) is 10.6 Å². The minimum absolute atomic E-state index is 0. The largest absolute Gasteiger partial charge is 0.497 e. The minimum Gasteiger partial charge on any atom is -0.497 e. The molecule has 1 unspecified atom stereocenters. The van der Waals surface area contributed by atoms with Crippen molar-refractivity contribution >= 4 is 29.9 Å². The van der Waals surface area contributed by atoms with Crippen molar-refractivity contribution < 1.29 is 9.53 Å². The van der Waals surface area contributed by atoms with Gasteiger partial charge in [-0.05, 0) is 48.9 Å². The number of carbonyl (C=O) groups excluding carboxylic acids is 1. The molecule has 0 aliphatic rings. The Bertz CT molecular complexity index is 692. The zero-order valence-corrected chi connectivity index (χ0v) is 15.5. The maximum atomic E-state index is 12.1. The normalized spacial score (nSPS) is 11.3. The number of rotatable bonds is 6. The minimum atomic E-state index is -0.310. The highest BCUT2D eigenvalue weighted by atomic mass is 35.5. The SMILES string of the molecule is CNCC(=O)NC(c1ccc(OC)cc1C)c1ccccc1Cl.Cl. The molecule has 0 fully saturated rings. The molecular weight excluding hydrogens is 347 g/mol. The van der Waals surface area contributed by atoms with Crippen molar-refractivity contribution in [1.29, 1.82) is 0 Å². The number of aryl methyl sites for hydroxylation is 1. The molecule has 2 N–H and O–H groups in total. The second-order valence-corrected chi connectivity index (χ2v) is 5.68. The van der Waals surface area contributed by atoms with Crippen LogP contribution in [0.4, 0.5) is 0 Å². The summed E-state index contributed by atoms with van der Waals surface area (Å²) in [7, 11) is 3.37. The van der Waals surface area contributed by atoms with E-state index in [1.807, 2.05) is 49.4 Å². The van der Waals surface area contributed by atoms with Gasteiger partial charge in [0, 0.05) is 5.02 Å². The van der Waals surface area contributed by atoms with Gasteiger partial charge in [0.25, 0.3) is 0 Å². The highest BCUT2D eigenvalue weighted by Crippen LogP contribution is 2.31. The Balaban J connectivity index is 0.00000288. The van der Waals surface area contributed by atoms with Crippen molar-refractivity contribution in [3.05, 3.63) is 64.2 Å². The van der Waals surface area contributed by atoms with E-state index in [-0.39, 0.29) is 30.9 Å². The Kier molecular flexibility index (Phi) is 8.05. The van der Waals surface area contributed by atoms with Crippen LogP contribution in [0.2, 0.25) is 5.02 Å². The summed E-state index contributed by atoms with van der Waals surface area (Å²) < 4.78 is 5.26. The van der Waals surface area contributed by atoms with Crippen molar-refractivity contribution in [2.45, 2.75) is 13.0 Å². The van der Waals surface area contributed by atoms with Crippen LogP contribution in [-0.4, -0.2) is 26.6 Å². The van der Waals surface area contributed by atoms with Crippen molar-refractivity contribution in [2.24, 2.45) is 0 Å². The summed E-state index contributed by atoms with van der Waals surface area (Å²) in [6, 6.07) is 13.0. The number of carbonyl (C=O) groups is 1. The molecule has 24 heavy (non-hydrogen) atoms. The van der Waals surface area contributed by atoms with Crippen molar-refractivity contribution in [3.63, 3.8) is 0 Å². The number of halogens is 2. The van der Waals surface area contributed by atoms with Crippen LogP contribution < -0.4 is 15.4 Å². The Labute approximate surface area is 154 Å². The van der Waals surface area contributed by atoms with Crippen LogP contribution in [0.1, 0.15) is 22.7 Å². The van der Waals surface area contributed by atoms with Crippen LogP contribution in [-0.2, 0) is 4.79 Å². The van der Waals surface area contributed by atoms with E-state index in [2.05, 4.69) is 10.6 Å². The van der Waals surface area contributed by atoms with E-state index in [4.69, 9.17) is 16.3 Å². The topological polar surface area (TPSA) is 50.4 Å². The number of likely N-dealkylation sites (N-methyl/N-ethyl adjacent to an activating group) is 1. The molecule has 1 amide bonds. The maximum absolute atomic E-state index is 12.1. The highest BCUT2D eigenvalue weighted by Gasteiger charge is 2.20. The second kappa shape index (κ2) is 9.52. The van der Waals surface area contributed by atoms with Gasteiger partial charge in [-0.25, -0.2) is 0 Å². The Hall–Kier alpha value is -1.75. The second-order valence-electron chi connectivity index (χ2n) is 5.27. The summed E-state index contributed by atoms with van der Waals surface area (Å²) >= 11 is 6.35. The first-order valence-corrected chi connectivity index (χ1v) is 7.77. The van der Waals surface area contributed by atoms with Crippen LogP contribution in [0.5, 0.6) is 5.75 Å². The lowest BCUT2D eigenvalue weighted by molar-refractivity contribution is -0.120. The highest BCUT2D eigenvalue weighted by molar-refractivity contribution is 6.31. The number of ether oxygens (including phenoxy) is 1. The van der Waals surface area contributed by atoms with Crippen LogP contribution in [0, 0.1) is 6.92 Å². The quantitative estimate of drug-likeness (QED) is 0.820. The summed E-state index contributed by atoms with van der Waals surface area (Å²) in [4.78, 5) is 12.1. The monoisotopic (exact) mass is 368 g/mol. The van der Waals surface area contributed by atoms with Crippen molar-refractivity contribution in [2.75, 3.05) is 20.7 Å². The van der Waals surface area contributed by atoms with Gasteiger partial charge in [0.15, 0.2) is 0 Å². The zero-order chi connectivity index (χ0) is 16.8. The fraction of sp³-hybridized carbons (Fsp3) is 0.278. The lowest BCUT2D eigenvalue weighted by atomic mass is 9.94. The zero-order valence-electron chi connectivity index (χ0n) is 13.9. The smallest absolute Gasteiger partial charge is 0.234 e. The van der Waals surface area contributed by atoms with E-state index in [0.717, 1.165) is 22.4 Å². The molecule has 0 aliphatic carbocycles. The molecule has 2 rings (SSSR count). The lowest BCUT2D eigenvalue weighted by Crippen LogP contribution is -2.36. The first kappa shape index (κ1) is 20.3. The van der Waals surface area contributed by atoms with Crippen molar-refractivity contribution in [3.8, 4) is 5.75 Å². The van der Waals surface area contributed by atoms with Crippen LogP contribution in [0.25, 0.3) is 0 Å². The number of benzene rings is 2. The molecule has 0 saturated heterocycles. The molecule has 4 nitrogen and oxygen atoms in total. The van der Waals surface area contributed by atoms with E-state index in [0.29, 0.717) is 5.02 Å². The number of amides is 1. The third kappa shape index (κ3) is 4.87. The molecule has 0 radical (unpaired) electrons. The molecular formula is C18H22Cl2N2O2. The summed E-state index contributed by atoms with van der Waals surface area (Å²) in [6.45, 7) is 2.24. The van der Waals surface area contributed by atoms with Gasteiger partial charge >= 0.3 is 0 Å². The third-order valence-corrected chi connectivity index (χ3v) is 3.99. The predicted octanol–water partition coefficient (Wildman–Crippen LogP) is 3.50. The van der Waals surface area contributed by atoms with E-state index in [1.165, 1.54) is 0 Å². The van der Waals surface area contributed by atoms with E-state index < -0.39 is 0 Å². The first-order valence-electron chi connectivity index (χ1n) is 7.39. The maximum Gasteiger partial charge on any atom is 0.234 e. The number of hydrogen-bond donors (Lipinski definition) is 2. The first-order chi connectivity index (χ1) is 11.1. The van der Waals surface area contributed by atoms with E-state index in [1.54, 1.807) is 14.2 Å². The average molecular weight is 369 g/mol. The molecule has 0 saturated carbocycles. The Morgan fingerprint density at radius 1 is 1.21 bits per heavy atom. The van der Waals surface area contributed by atoms with E-state index >= 15 is 0 Å². The molecule has 1 atom stereocenters. The lowest BCUT2D eigenvalue weighted by Gasteiger charge is -2.23. The number of hydrogen-bond acceptors (Lipinski definition) is 3. The summed E-state index contributed by atoms with van der Waals surface area (Å²) in [5.41, 5.74) is 2.88. The fourth-order valence-corrected chi connectivity index (χ4v) is 2.75. The standard InChI is InChI=1S/C18H21ClN2O2.ClH/c1-12-10-13(23-3)8-9-14(12)18(21-17(22)11-20-2)15-6-4-5-7-16(15)19;/h4-10,18,20H,11H2,1-3H3,(H,21,22);1H. The summed E-state index contributed by atoms with van der Waals surface area (Å²) in [5.74, 6) is 0.693. The van der Waals surface area contributed by atoms with Gasteiger partial charge in [0.05, 0.1) is 19.7 Å². The van der Waals surface area contributed by atoms with Gasteiger partial charge in [0.2, 0.25) is 5.91 Å². The molecule has 0 heterocycles. The molecule has 0 aromatic heterocycles. The summed E-state index contributed by atoms with van der Waals surface area (Å²) in [6.07, 6.45) is 0. The van der Waals surface area contributed by atoms with E-state index in [9.17, 15) is 4.79 Å². The van der Waals surface area contributed by atoms with Gasteiger partial charge < -0.3 is 15.4 Å². The molecule has 130 valence electrons.